The molecule has 1 atom stereocenters. The van der Waals surface area contributed by atoms with Gasteiger partial charge in [-0.2, -0.15) is 0 Å². The standard InChI is InChI=1S/C21H23N5O/c27-21(18-9-12-22-13-10-18)26-14-5-4-8-19(26)11-15-25-16-20(23-24-25)17-6-2-1-3-7-17/h1-3,6-7,9-10,12-13,16,19H,4-5,8,11,14-15H2. The molecule has 0 N–H and O–H groups in total. The Morgan fingerprint density at radius 2 is 1.89 bits per heavy atom. The number of likely N-dealkylation sites (tertiary alicyclic amines) is 1. The van der Waals surface area contributed by atoms with E-state index in [0.29, 0.717) is 5.56 Å². The number of amides is 1. The van der Waals surface area contributed by atoms with E-state index in [0.717, 1.165) is 50.0 Å². The molecule has 3 heterocycles. The molecule has 1 amide bonds. The first-order valence-electron chi connectivity index (χ1n) is 9.48. The fourth-order valence-corrected chi connectivity index (χ4v) is 3.66. The maximum atomic E-state index is 12.9. The Bertz CT molecular complexity index is 878. The van der Waals surface area contributed by atoms with Crippen LogP contribution in [0.3, 0.4) is 0 Å². The van der Waals surface area contributed by atoms with Crippen LogP contribution < -0.4 is 0 Å². The number of carbonyl (C=O) groups excluding carboxylic acids is 1. The number of rotatable bonds is 5. The summed E-state index contributed by atoms with van der Waals surface area (Å²) in [6.07, 6.45) is 9.48. The zero-order valence-electron chi connectivity index (χ0n) is 15.2. The van der Waals surface area contributed by atoms with Crippen LogP contribution in [0.1, 0.15) is 36.0 Å². The van der Waals surface area contributed by atoms with Gasteiger partial charge in [0.2, 0.25) is 0 Å². The van der Waals surface area contributed by atoms with E-state index >= 15 is 0 Å². The number of aromatic nitrogens is 4. The summed E-state index contributed by atoms with van der Waals surface area (Å²) >= 11 is 0. The second-order valence-electron chi connectivity index (χ2n) is 6.91. The van der Waals surface area contributed by atoms with Crippen molar-refractivity contribution in [2.24, 2.45) is 0 Å². The molecule has 0 bridgehead atoms. The lowest BCUT2D eigenvalue weighted by Crippen LogP contribution is -2.44. The Balaban J connectivity index is 1.42. The predicted molar refractivity (Wildman–Crippen MR) is 103 cm³/mol. The summed E-state index contributed by atoms with van der Waals surface area (Å²) < 4.78 is 1.88. The molecule has 3 aromatic rings. The average Bonchev–Trinajstić information content (AvgIpc) is 3.22. The molecule has 1 aromatic carbocycles. The van der Waals surface area contributed by atoms with Gasteiger partial charge in [-0.15, -0.1) is 5.10 Å². The number of carbonyl (C=O) groups is 1. The van der Waals surface area contributed by atoms with E-state index < -0.39 is 0 Å². The molecule has 6 nitrogen and oxygen atoms in total. The van der Waals surface area contributed by atoms with Gasteiger partial charge in [0.1, 0.15) is 5.69 Å². The first-order chi connectivity index (χ1) is 13.3. The second kappa shape index (κ2) is 8.12. The molecular formula is C21H23N5O. The normalized spacial score (nSPS) is 17.0. The van der Waals surface area contributed by atoms with Crippen molar-refractivity contribution < 1.29 is 4.79 Å². The number of aryl methyl sites for hydroxylation is 1. The fraction of sp³-hybridized carbons (Fsp3) is 0.333. The summed E-state index contributed by atoms with van der Waals surface area (Å²) in [5.41, 5.74) is 2.66. The Kier molecular flexibility index (Phi) is 5.23. The van der Waals surface area contributed by atoms with Gasteiger partial charge in [0.25, 0.3) is 5.91 Å². The molecule has 4 rings (SSSR count). The highest BCUT2D eigenvalue weighted by Crippen LogP contribution is 2.23. The molecule has 1 fully saturated rings. The van der Waals surface area contributed by atoms with Crippen LogP contribution in [0, 0.1) is 0 Å². The van der Waals surface area contributed by atoms with Gasteiger partial charge in [0.15, 0.2) is 0 Å². The molecule has 1 aliphatic heterocycles. The Morgan fingerprint density at radius 1 is 1.07 bits per heavy atom. The van der Waals surface area contributed by atoms with Crippen LogP contribution in [0.2, 0.25) is 0 Å². The first-order valence-corrected chi connectivity index (χ1v) is 9.48. The monoisotopic (exact) mass is 361 g/mol. The lowest BCUT2D eigenvalue weighted by atomic mass is 9.98. The molecule has 0 aliphatic carbocycles. The number of nitrogens with zero attached hydrogens (tertiary/aromatic N) is 5. The van der Waals surface area contributed by atoms with E-state index in [1.165, 1.54) is 0 Å². The summed E-state index contributed by atoms with van der Waals surface area (Å²) in [4.78, 5) is 18.9. The second-order valence-corrected chi connectivity index (χ2v) is 6.91. The number of pyridine rings is 1. The minimum Gasteiger partial charge on any atom is -0.336 e. The van der Waals surface area contributed by atoms with Gasteiger partial charge >= 0.3 is 0 Å². The zero-order chi connectivity index (χ0) is 18.5. The molecule has 1 unspecified atom stereocenters. The van der Waals surface area contributed by atoms with Gasteiger partial charge in [-0.05, 0) is 37.8 Å². The van der Waals surface area contributed by atoms with Crippen molar-refractivity contribution in [2.75, 3.05) is 6.54 Å². The van der Waals surface area contributed by atoms with Crippen molar-refractivity contribution >= 4 is 5.91 Å². The van der Waals surface area contributed by atoms with Gasteiger partial charge in [-0.3, -0.25) is 14.5 Å². The highest BCUT2D eigenvalue weighted by Gasteiger charge is 2.27. The maximum absolute atomic E-state index is 12.9. The number of piperidine rings is 1. The van der Waals surface area contributed by atoms with Crippen molar-refractivity contribution in [3.05, 3.63) is 66.6 Å². The minimum atomic E-state index is 0.102. The topological polar surface area (TPSA) is 63.9 Å². The predicted octanol–water partition coefficient (Wildman–Crippen LogP) is 3.43. The van der Waals surface area contributed by atoms with Crippen LogP contribution in [-0.2, 0) is 6.54 Å². The highest BCUT2D eigenvalue weighted by atomic mass is 16.2. The molecule has 0 spiro atoms. The Morgan fingerprint density at radius 3 is 2.70 bits per heavy atom. The largest absolute Gasteiger partial charge is 0.336 e. The van der Waals surface area contributed by atoms with Gasteiger partial charge < -0.3 is 4.90 Å². The maximum Gasteiger partial charge on any atom is 0.254 e. The number of hydrogen-bond acceptors (Lipinski definition) is 4. The van der Waals surface area contributed by atoms with Crippen molar-refractivity contribution in [3.8, 4) is 11.3 Å². The molecule has 1 aliphatic rings. The van der Waals surface area contributed by atoms with Crippen molar-refractivity contribution in [3.63, 3.8) is 0 Å². The van der Waals surface area contributed by atoms with E-state index in [1.807, 2.05) is 46.1 Å². The summed E-state index contributed by atoms with van der Waals surface area (Å²) in [5, 5.41) is 8.54. The smallest absolute Gasteiger partial charge is 0.254 e. The highest BCUT2D eigenvalue weighted by molar-refractivity contribution is 5.94. The quantitative estimate of drug-likeness (QED) is 0.698. The van der Waals surface area contributed by atoms with Crippen molar-refractivity contribution in [1.29, 1.82) is 0 Å². The first kappa shape index (κ1) is 17.4. The van der Waals surface area contributed by atoms with Crippen LogP contribution >= 0.6 is 0 Å². The molecule has 138 valence electrons. The van der Waals surface area contributed by atoms with E-state index in [4.69, 9.17) is 0 Å². The molecule has 0 radical (unpaired) electrons. The molecule has 1 saturated heterocycles. The van der Waals surface area contributed by atoms with Crippen molar-refractivity contribution in [2.45, 2.75) is 38.3 Å². The molecule has 27 heavy (non-hydrogen) atoms. The van der Waals surface area contributed by atoms with Crippen LogP contribution in [0.25, 0.3) is 11.3 Å². The lowest BCUT2D eigenvalue weighted by molar-refractivity contribution is 0.0593. The lowest BCUT2D eigenvalue weighted by Gasteiger charge is -2.36. The number of hydrogen-bond donors (Lipinski definition) is 0. The molecule has 2 aromatic heterocycles. The van der Waals surface area contributed by atoms with Crippen LogP contribution in [0.4, 0.5) is 0 Å². The van der Waals surface area contributed by atoms with E-state index in [9.17, 15) is 4.79 Å². The fourth-order valence-electron chi connectivity index (χ4n) is 3.66. The minimum absolute atomic E-state index is 0.102. The Hall–Kier alpha value is -3.02. The number of benzene rings is 1. The van der Waals surface area contributed by atoms with Gasteiger partial charge in [-0.25, -0.2) is 0 Å². The van der Waals surface area contributed by atoms with Crippen LogP contribution in [-0.4, -0.2) is 43.4 Å². The third-order valence-electron chi connectivity index (χ3n) is 5.11. The molecule has 0 saturated carbocycles. The van der Waals surface area contributed by atoms with Crippen LogP contribution in [0.5, 0.6) is 0 Å². The van der Waals surface area contributed by atoms with Crippen LogP contribution in [0.15, 0.2) is 61.1 Å². The van der Waals surface area contributed by atoms with E-state index in [2.05, 4.69) is 15.3 Å². The zero-order valence-corrected chi connectivity index (χ0v) is 15.2. The molecular weight excluding hydrogens is 338 g/mol. The summed E-state index contributed by atoms with van der Waals surface area (Å²) in [6.45, 7) is 1.57. The Labute approximate surface area is 158 Å². The summed E-state index contributed by atoms with van der Waals surface area (Å²) in [6, 6.07) is 13.9. The van der Waals surface area contributed by atoms with E-state index in [-0.39, 0.29) is 11.9 Å². The average molecular weight is 361 g/mol. The van der Waals surface area contributed by atoms with Crippen molar-refractivity contribution in [1.82, 2.24) is 24.9 Å². The van der Waals surface area contributed by atoms with Gasteiger partial charge in [0, 0.05) is 42.7 Å². The van der Waals surface area contributed by atoms with E-state index in [1.54, 1.807) is 24.5 Å². The third kappa shape index (κ3) is 4.05. The molecule has 6 heteroatoms. The SMILES string of the molecule is O=C(c1ccncc1)N1CCCCC1CCn1cc(-c2ccccc2)nn1. The third-order valence-corrected chi connectivity index (χ3v) is 5.11. The summed E-state index contributed by atoms with van der Waals surface area (Å²) in [7, 11) is 0. The van der Waals surface area contributed by atoms with Gasteiger partial charge in [-0.1, -0.05) is 35.5 Å². The van der Waals surface area contributed by atoms with Gasteiger partial charge in [0.05, 0.1) is 6.20 Å². The summed E-state index contributed by atoms with van der Waals surface area (Å²) in [5.74, 6) is 0.102.